The second-order valence-corrected chi connectivity index (χ2v) is 8.61. The topological polar surface area (TPSA) is 89.5 Å². The van der Waals surface area contributed by atoms with Crippen LogP contribution in [0.2, 0.25) is 0 Å². The number of carbonyl (C=O) groups excluding carboxylic acids is 2. The van der Waals surface area contributed by atoms with Crippen molar-refractivity contribution in [3.63, 3.8) is 0 Å². The fraction of sp³-hybridized carbons (Fsp3) is 0.579. The molecule has 0 saturated heterocycles. The van der Waals surface area contributed by atoms with Gasteiger partial charge in [0.05, 0.1) is 5.75 Å². The van der Waals surface area contributed by atoms with Gasteiger partial charge in [0, 0.05) is 5.56 Å². The van der Waals surface area contributed by atoms with Gasteiger partial charge in [-0.25, -0.2) is 13.1 Å². The Bertz CT molecular complexity index is 757. The zero-order valence-electron chi connectivity index (χ0n) is 15.4. The molecule has 0 aromatic heterocycles. The van der Waals surface area contributed by atoms with Crippen LogP contribution in [0.5, 0.6) is 0 Å². The van der Waals surface area contributed by atoms with Gasteiger partial charge >= 0.3 is 5.97 Å². The molecule has 0 amide bonds. The van der Waals surface area contributed by atoms with Gasteiger partial charge in [0.15, 0.2) is 12.4 Å². The zero-order valence-corrected chi connectivity index (χ0v) is 16.2. The van der Waals surface area contributed by atoms with Crippen molar-refractivity contribution in [3.8, 4) is 0 Å². The third-order valence-corrected chi connectivity index (χ3v) is 6.03. The molecule has 7 heteroatoms. The quantitative estimate of drug-likeness (QED) is 0.524. The highest BCUT2D eigenvalue weighted by molar-refractivity contribution is 7.89. The second-order valence-electron chi connectivity index (χ2n) is 6.73. The summed E-state index contributed by atoms with van der Waals surface area (Å²) in [5.74, 6) is -1.07. The van der Waals surface area contributed by atoms with Gasteiger partial charge < -0.3 is 4.74 Å². The van der Waals surface area contributed by atoms with Crippen LogP contribution < -0.4 is 4.72 Å². The molecule has 26 heavy (non-hydrogen) atoms. The number of carbonyl (C=O) groups is 2. The van der Waals surface area contributed by atoms with Crippen LogP contribution in [0.1, 0.15) is 61.0 Å². The van der Waals surface area contributed by atoms with E-state index in [1.807, 2.05) is 19.1 Å². The van der Waals surface area contributed by atoms with E-state index in [4.69, 9.17) is 4.74 Å². The smallest absolute Gasteiger partial charge is 0.324 e. The molecule has 6 nitrogen and oxygen atoms in total. The molecule has 0 spiro atoms. The summed E-state index contributed by atoms with van der Waals surface area (Å²) in [5, 5.41) is 0. The molecule has 1 aliphatic rings. The van der Waals surface area contributed by atoms with E-state index in [9.17, 15) is 18.0 Å². The molecule has 1 N–H and O–H groups in total. The van der Waals surface area contributed by atoms with Crippen LogP contribution in [-0.2, 0) is 32.4 Å². The number of benzene rings is 1. The summed E-state index contributed by atoms with van der Waals surface area (Å²) >= 11 is 0. The minimum absolute atomic E-state index is 0.0326. The van der Waals surface area contributed by atoms with Gasteiger partial charge in [0.1, 0.15) is 6.04 Å². The van der Waals surface area contributed by atoms with E-state index < -0.39 is 28.6 Å². The molecule has 0 saturated carbocycles. The number of rotatable bonds is 9. The lowest BCUT2D eigenvalue weighted by atomic mass is 9.90. The summed E-state index contributed by atoms with van der Waals surface area (Å²) in [7, 11) is -3.52. The third kappa shape index (κ3) is 5.92. The van der Waals surface area contributed by atoms with Crippen LogP contribution in [0.4, 0.5) is 0 Å². The zero-order chi connectivity index (χ0) is 19.2. The minimum Gasteiger partial charge on any atom is -0.456 e. The maximum absolute atomic E-state index is 12.3. The molecule has 0 unspecified atom stereocenters. The first-order valence-corrected chi connectivity index (χ1v) is 10.8. The van der Waals surface area contributed by atoms with Crippen LogP contribution in [-0.4, -0.2) is 38.6 Å². The first-order valence-electron chi connectivity index (χ1n) is 9.14. The molecule has 2 rings (SSSR count). The molecule has 0 radical (unpaired) electrons. The van der Waals surface area contributed by atoms with E-state index in [1.165, 1.54) is 24.5 Å². The number of aryl methyl sites for hydroxylation is 2. The van der Waals surface area contributed by atoms with Crippen LogP contribution in [0, 0.1) is 0 Å². The lowest BCUT2D eigenvalue weighted by Gasteiger charge is -2.16. The maximum Gasteiger partial charge on any atom is 0.324 e. The Hall–Kier alpha value is -1.73. The highest BCUT2D eigenvalue weighted by Gasteiger charge is 2.22. The van der Waals surface area contributed by atoms with Gasteiger partial charge in [-0.05, 0) is 56.2 Å². The Morgan fingerprint density at radius 3 is 2.58 bits per heavy atom. The fourth-order valence-corrected chi connectivity index (χ4v) is 4.38. The number of nitrogens with one attached hydrogen (secondary N) is 1. The predicted octanol–water partition coefficient (Wildman–Crippen LogP) is 2.40. The highest BCUT2D eigenvalue weighted by atomic mass is 32.2. The number of hydrogen-bond donors (Lipinski definition) is 1. The Morgan fingerprint density at radius 1 is 1.19 bits per heavy atom. The molecule has 1 aliphatic carbocycles. The molecular weight excluding hydrogens is 354 g/mol. The van der Waals surface area contributed by atoms with Crippen molar-refractivity contribution in [2.24, 2.45) is 0 Å². The summed E-state index contributed by atoms with van der Waals surface area (Å²) < 4.78 is 30.9. The second kappa shape index (κ2) is 9.28. The third-order valence-electron chi connectivity index (χ3n) is 4.49. The van der Waals surface area contributed by atoms with Crippen molar-refractivity contribution in [1.82, 2.24) is 4.72 Å². The number of hydrogen-bond acceptors (Lipinski definition) is 5. The lowest BCUT2D eigenvalue weighted by Crippen LogP contribution is -2.41. The Morgan fingerprint density at radius 2 is 1.88 bits per heavy atom. The number of ether oxygens (including phenoxy) is 1. The van der Waals surface area contributed by atoms with E-state index in [1.54, 1.807) is 6.07 Å². The van der Waals surface area contributed by atoms with Gasteiger partial charge in [-0.1, -0.05) is 25.5 Å². The van der Waals surface area contributed by atoms with Crippen LogP contribution in [0.25, 0.3) is 0 Å². The van der Waals surface area contributed by atoms with E-state index >= 15 is 0 Å². The van der Waals surface area contributed by atoms with E-state index in [0.29, 0.717) is 12.0 Å². The van der Waals surface area contributed by atoms with Gasteiger partial charge in [0.25, 0.3) is 0 Å². The van der Waals surface area contributed by atoms with Crippen molar-refractivity contribution in [2.45, 2.75) is 58.4 Å². The summed E-state index contributed by atoms with van der Waals surface area (Å²) in [6.45, 7) is 2.91. The summed E-state index contributed by atoms with van der Waals surface area (Å²) in [6, 6.07) is 4.58. The fourth-order valence-electron chi connectivity index (χ4n) is 2.96. The summed E-state index contributed by atoms with van der Waals surface area (Å²) in [5.41, 5.74) is 2.99. The summed E-state index contributed by atoms with van der Waals surface area (Å²) in [6.07, 6.45) is 5.56. The average Bonchev–Trinajstić information content (AvgIpc) is 2.63. The van der Waals surface area contributed by atoms with Crippen LogP contribution >= 0.6 is 0 Å². The maximum atomic E-state index is 12.3. The normalized spacial score (nSPS) is 15.2. The number of Topliss-reactive ketones (excluding diaryl/α,β-unsaturated/α-hetero) is 1. The number of ketones is 1. The van der Waals surface area contributed by atoms with Gasteiger partial charge in [-0.3, -0.25) is 9.59 Å². The highest BCUT2D eigenvalue weighted by Crippen LogP contribution is 2.22. The molecule has 0 aliphatic heterocycles. The van der Waals surface area contributed by atoms with Crippen molar-refractivity contribution >= 4 is 21.8 Å². The van der Waals surface area contributed by atoms with Crippen LogP contribution in [0.15, 0.2) is 18.2 Å². The molecule has 1 atom stereocenters. The van der Waals surface area contributed by atoms with Gasteiger partial charge in [-0.15, -0.1) is 0 Å². The average molecular weight is 381 g/mol. The predicted molar refractivity (Wildman–Crippen MR) is 99.7 cm³/mol. The molecule has 144 valence electrons. The van der Waals surface area contributed by atoms with Crippen molar-refractivity contribution in [1.29, 1.82) is 0 Å². The Labute approximate surface area is 155 Å². The van der Waals surface area contributed by atoms with E-state index in [2.05, 4.69) is 4.72 Å². The standard InChI is InChI=1S/C19H27NO5S/c1-3-4-11-26(23,24)20-14(2)19(22)25-13-18(21)17-10-9-15-7-5-6-8-16(15)12-17/h9-10,12,14,20H,3-8,11,13H2,1-2H3/t14-/m0/s1. The molecule has 0 fully saturated rings. The largest absolute Gasteiger partial charge is 0.456 e. The Kier molecular flexibility index (Phi) is 7.34. The van der Waals surface area contributed by atoms with Gasteiger partial charge in [0.2, 0.25) is 10.0 Å². The first-order chi connectivity index (χ1) is 12.3. The summed E-state index contributed by atoms with van der Waals surface area (Å²) in [4.78, 5) is 24.2. The number of unbranched alkanes of at least 4 members (excludes halogenated alkanes) is 1. The molecule has 1 aromatic rings. The van der Waals surface area contributed by atoms with Crippen molar-refractivity contribution in [2.75, 3.05) is 12.4 Å². The number of sulfonamides is 1. The van der Waals surface area contributed by atoms with E-state index in [-0.39, 0.29) is 11.5 Å². The molecule has 0 heterocycles. The minimum atomic E-state index is -3.52. The number of fused-ring (bicyclic) bond motifs is 1. The van der Waals surface area contributed by atoms with E-state index in [0.717, 1.165) is 25.7 Å². The van der Waals surface area contributed by atoms with Gasteiger partial charge in [-0.2, -0.15) is 0 Å². The SMILES string of the molecule is CCCCS(=O)(=O)N[C@@H](C)C(=O)OCC(=O)c1ccc2c(c1)CCCC2. The first kappa shape index (κ1) is 20.6. The van der Waals surface area contributed by atoms with Crippen molar-refractivity contribution in [3.05, 3.63) is 34.9 Å². The van der Waals surface area contributed by atoms with Crippen molar-refractivity contribution < 1.29 is 22.7 Å². The number of esters is 1. The lowest BCUT2D eigenvalue weighted by molar-refractivity contribution is -0.144. The monoisotopic (exact) mass is 381 g/mol. The molecular formula is C19H27NO5S. The molecule has 0 bridgehead atoms. The van der Waals surface area contributed by atoms with Crippen LogP contribution in [0.3, 0.4) is 0 Å². The Balaban J connectivity index is 1.87. The molecule has 1 aromatic carbocycles.